The summed E-state index contributed by atoms with van der Waals surface area (Å²) in [4.78, 5) is 26.2. The van der Waals surface area contributed by atoms with Crippen LogP contribution in [0.3, 0.4) is 0 Å². The van der Waals surface area contributed by atoms with E-state index in [2.05, 4.69) is 10.3 Å². The van der Waals surface area contributed by atoms with Gasteiger partial charge in [-0.2, -0.15) is 0 Å². The van der Waals surface area contributed by atoms with E-state index in [1.54, 1.807) is 25.1 Å². The normalized spacial score (nSPS) is 10.3. The Hall–Kier alpha value is -2.27. The van der Waals surface area contributed by atoms with Crippen LogP contribution in [0.4, 0.5) is 5.69 Å². The second-order valence-electron chi connectivity index (χ2n) is 4.67. The van der Waals surface area contributed by atoms with Crippen LogP contribution in [0.15, 0.2) is 29.1 Å². The maximum Gasteiger partial charge on any atom is 0.256 e. The Morgan fingerprint density at radius 1 is 1.24 bits per heavy atom. The third-order valence-electron chi connectivity index (χ3n) is 2.97. The lowest BCUT2D eigenvalue weighted by Gasteiger charge is -2.12. The average Bonchev–Trinajstić information content (AvgIpc) is 2.41. The number of aromatic nitrogens is 1. The Morgan fingerprint density at radius 2 is 1.95 bits per heavy atom. The molecule has 1 heterocycles. The van der Waals surface area contributed by atoms with E-state index >= 15 is 0 Å². The number of carbonyl (C=O) groups excluding carboxylic acids is 1. The minimum Gasteiger partial charge on any atom is -0.495 e. The number of ether oxygens (including phenoxy) is 1. The van der Waals surface area contributed by atoms with Crippen molar-refractivity contribution in [2.75, 3.05) is 12.4 Å². The molecule has 110 valence electrons. The van der Waals surface area contributed by atoms with Crippen molar-refractivity contribution in [3.63, 3.8) is 0 Å². The number of amides is 1. The lowest BCUT2D eigenvalue weighted by Crippen LogP contribution is -2.17. The number of halogens is 1. The quantitative estimate of drug-likeness (QED) is 0.916. The van der Waals surface area contributed by atoms with Crippen LogP contribution in [0.1, 0.15) is 21.6 Å². The molecule has 2 rings (SSSR count). The minimum absolute atomic E-state index is 0.283. The number of rotatable bonds is 3. The molecule has 5 nitrogen and oxygen atoms in total. The van der Waals surface area contributed by atoms with E-state index in [9.17, 15) is 9.59 Å². The molecule has 0 bridgehead atoms. The zero-order valence-corrected chi connectivity index (χ0v) is 12.7. The summed E-state index contributed by atoms with van der Waals surface area (Å²) in [5.41, 5.74) is 1.90. The SMILES string of the molecule is COc1cc(Cl)c(C)cc1NC(=O)c1cc(C)[nH]c(=O)c1. The van der Waals surface area contributed by atoms with Crippen molar-refractivity contribution in [3.05, 3.63) is 56.5 Å². The maximum atomic E-state index is 12.2. The fraction of sp³-hybridized carbons (Fsp3) is 0.200. The minimum atomic E-state index is -0.385. The number of nitrogens with one attached hydrogen (secondary N) is 2. The van der Waals surface area contributed by atoms with Gasteiger partial charge in [0.1, 0.15) is 5.75 Å². The number of aryl methyl sites for hydroxylation is 2. The van der Waals surface area contributed by atoms with E-state index in [1.807, 2.05) is 6.92 Å². The van der Waals surface area contributed by atoms with Crippen LogP contribution in [0.2, 0.25) is 5.02 Å². The van der Waals surface area contributed by atoms with Crippen molar-refractivity contribution in [2.24, 2.45) is 0 Å². The molecule has 0 aliphatic carbocycles. The molecule has 0 spiro atoms. The fourth-order valence-corrected chi connectivity index (χ4v) is 2.09. The Balaban J connectivity index is 2.35. The van der Waals surface area contributed by atoms with Crippen molar-refractivity contribution in [1.29, 1.82) is 0 Å². The topological polar surface area (TPSA) is 71.2 Å². The third-order valence-corrected chi connectivity index (χ3v) is 3.38. The summed E-state index contributed by atoms with van der Waals surface area (Å²) in [5.74, 6) is 0.0738. The summed E-state index contributed by atoms with van der Waals surface area (Å²) in [6.07, 6.45) is 0. The zero-order valence-electron chi connectivity index (χ0n) is 11.9. The second-order valence-corrected chi connectivity index (χ2v) is 5.08. The van der Waals surface area contributed by atoms with Crippen LogP contribution in [-0.2, 0) is 0 Å². The molecule has 1 aromatic carbocycles. The summed E-state index contributed by atoms with van der Waals surface area (Å²) < 4.78 is 5.20. The highest BCUT2D eigenvalue weighted by Crippen LogP contribution is 2.31. The Labute approximate surface area is 126 Å². The molecule has 1 aromatic heterocycles. The molecule has 0 atom stereocenters. The van der Waals surface area contributed by atoms with Gasteiger partial charge in [0.2, 0.25) is 5.56 Å². The van der Waals surface area contributed by atoms with E-state index in [4.69, 9.17) is 16.3 Å². The molecule has 0 saturated heterocycles. The molecule has 1 amide bonds. The molecule has 0 aliphatic rings. The second kappa shape index (κ2) is 6.01. The highest BCUT2D eigenvalue weighted by molar-refractivity contribution is 6.31. The van der Waals surface area contributed by atoms with Gasteiger partial charge in [0.15, 0.2) is 0 Å². The lowest BCUT2D eigenvalue weighted by molar-refractivity contribution is 0.102. The Kier molecular flexibility index (Phi) is 4.33. The van der Waals surface area contributed by atoms with E-state index in [0.29, 0.717) is 22.2 Å². The fourth-order valence-electron chi connectivity index (χ4n) is 1.94. The van der Waals surface area contributed by atoms with Crippen LogP contribution < -0.4 is 15.6 Å². The van der Waals surface area contributed by atoms with Crippen LogP contribution in [0.5, 0.6) is 5.75 Å². The van der Waals surface area contributed by atoms with Gasteiger partial charge in [-0.1, -0.05) is 11.6 Å². The first-order valence-electron chi connectivity index (χ1n) is 6.27. The third kappa shape index (κ3) is 3.44. The number of anilines is 1. The zero-order chi connectivity index (χ0) is 15.6. The monoisotopic (exact) mass is 306 g/mol. The molecule has 0 fully saturated rings. The molecular weight excluding hydrogens is 292 g/mol. The Morgan fingerprint density at radius 3 is 2.57 bits per heavy atom. The molecule has 2 aromatic rings. The lowest BCUT2D eigenvalue weighted by atomic mass is 10.1. The molecular formula is C15H15ClN2O3. The first-order chi connectivity index (χ1) is 9.90. The van der Waals surface area contributed by atoms with Crippen LogP contribution in [-0.4, -0.2) is 18.0 Å². The van der Waals surface area contributed by atoms with Gasteiger partial charge in [-0.25, -0.2) is 0 Å². The highest BCUT2D eigenvalue weighted by atomic mass is 35.5. The van der Waals surface area contributed by atoms with Gasteiger partial charge in [-0.15, -0.1) is 0 Å². The van der Waals surface area contributed by atoms with Gasteiger partial charge < -0.3 is 15.0 Å². The van der Waals surface area contributed by atoms with Crippen LogP contribution >= 0.6 is 11.6 Å². The van der Waals surface area contributed by atoms with Gasteiger partial charge >= 0.3 is 0 Å². The number of methoxy groups -OCH3 is 1. The van der Waals surface area contributed by atoms with Crippen molar-refractivity contribution in [3.8, 4) is 5.75 Å². The van der Waals surface area contributed by atoms with Crippen molar-refractivity contribution >= 4 is 23.2 Å². The maximum absolute atomic E-state index is 12.2. The number of aromatic amines is 1. The van der Waals surface area contributed by atoms with Crippen molar-refractivity contribution < 1.29 is 9.53 Å². The average molecular weight is 307 g/mol. The number of hydrogen-bond acceptors (Lipinski definition) is 3. The molecule has 0 aliphatic heterocycles. The van der Waals surface area contributed by atoms with Crippen LogP contribution in [0, 0.1) is 13.8 Å². The Bertz CT molecular complexity index is 753. The van der Waals surface area contributed by atoms with E-state index < -0.39 is 0 Å². The molecule has 21 heavy (non-hydrogen) atoms. The van der Waals surface area contributed by atoms with E-state index in [1.165, 1.54) is 13.2 Å². The number of hydrogen-bond donors (Lipinski definition) is 2. The molecule has 0 saturated carbocycles. The molecule has 0 unspecified atom stereocenters. The molecule has 6 heteroatoms. The number of pyridine rings is 1. The predicted molar refractivity (Wildman–Crippen MR) is 82.5 cm³/mol. The van der Waals surface area contributed by atoms with Crippen LogP contribution in [0.25, 0.3) is 0 Å². The summed E-state index contributed by atoms with van der Waals surface area (Å²) in [6.45, 7) is 3.54. The standard InChI is InChI=1S/C15H15ClN2O3/c1-8-4-12(13(21-3)7-11(8)16)18-15(20)10-5-9(2)17-14(19)6-10/h4-7H,1-3H3,(H,17,19)(H,18,20). The van der Waals surface area contributed by atoms with Gasteiger partial charge in [0, 0.05) is 28.4 Å². The largest absolute Gasteiger partial charge is 0.495 e. The molecule has 2 N–H and O–H groups in total. The van der Waals surface area contributed by atoms with Gasteiger partial charge in [0.25, 0.3) is 5.91 Å². The first kappa shape index (κ1) is 15.1. The number of H-pyrrole nitrogens is 1. The summed E-state index contributed by atoms with van der Waals surface area (Å²) in [7, 11) is 1.49. The van der Waals surface area contributed by atoms with Crippen molar-refractivity contribution in [2.45, 2.75) is 13.8 Å². The van der Waals surface area contributed by atoms with E-state index in [-0.39, 0.29) is 17.0 Å². The molecule has 0 radical (unpaired) electrons. The predicted octanol–water partition coefficient (Wildman–Crippen LogP) is 2.91. The van der Waals surface area contributed by atoms with Gasteiger partial charge in [0.05, 0.1) is 12.8 Å². The number of benzene rings is 1. The first-order valence-corrected chi connectivity index (χ1v) is 6.65. The highest BCUT2D eigenvalue weighted by Gasteiger charge is 2.12. The van der Waals surface area contributed by atoms with Gasteiger partial charge in [-0.3, -0.25) is 9.59 Å². The summed E-state index contributed by atoms with van der Waals surface area (Å²) >= 11 is 6.02. The van der Waals surface area contributed by atoms with Gasteiger partial charge in [-0.05, 0) is 31.5 Å². The summed E-state index contributed by atoms with van der Waals surface area (Å²) in [6, 6.07) is 6.21. The van der Waals surface area contributed by atoms with Crippen molar-refractivity contribution in [1.82, 2.24) is 4.98 Å². The summed E-state index contributed by atoms with van der Waals surface area (Å²) in [5, 5.41) is 3.28. The number of carbonyl (C=O) groups is 1. The smallest absolute Gasteiger partial charge is 0.256 e. The van der Waals surface area contributed by atoms with E-state index in [0.717, 1.165) is 5.56 Å².